The molecular weight excluding hydrogens is 299 g/mol. The van der Waals surface area contributed by atoms with Gasteiger partial charge in [-0.05, 0) is 18.1 Å². The number of thiophene rings is 1. The van der Waals surface area contributed by atoms with Gasteiger partial charge in [0.1, 0.15) is 17.3 Å². The number of fused-ring (bicyclic) bond motifs is 1. The van der Waals surface area contributed by atoms with Gasteiger partial charge in [0.25, 0.3) is 5.56 Å². The van der Waals surface area contributed by atoms with E-state index in [1.54, 1.807) is 0 Å². The summed E-state index contributed by atoms with van der Waals surface area (Å²) in [6.07, 6.45) is 1.56. The second kappa shape index (κ2) is 6.40. The molecule has 2 aromatic heterocycles. The van der Waals surface area contributed by atoms with Crippen LogP contribution < -0.4 is 5.56 Å². The first-order valence-corrected chi connectivity index (χ1v) is 8.21. The van der Waals surface area contributed by atoms with Crippen molar-refractivity contribution in [2.45, 2.75) is 26.3 Å². The molecular formula is C17H17FN2OS. The summed E-state index contributed by atoms with van der Waals surface area (Å²) in [6.45, 7) is 1.55. The number of aryl methyl sites for hydroxylation is 1. The molecule has 0 bridgehead atoms. The van der Waals surface area contributed by atoms with E-state index in [-0.39, 0.29) is 12.1 Å². The minimum atomic E-state index is -0.556. The van der Waals surface area contributed by atoms with Crippen LogP contribution in [-0.4, -0.2) is 16.2 Å². The maximum atomic E-state index is 12.8. The first-order chi connectivity index (χ1) is 10.7. The monoisotopic (exact) mass is 316 g/mol. The Labute approximate surface area is 132 Å². The summed E-state index contributed by atoms with van der Waals surface area (Å²) in [5.74, 6) is 0.680. The van der Waals surface area contributed by atoms with Gasteiger partial charge in [0, 0.05) is 11.3 Å². The fourth-order valence-corrected chi connectivity index (χ4v) is 3.58. The molecule has 3 nitrogen and oxygen atoms in total. The zero-order chi connectivity index (χ0) is 15.5. The van der Waals surface area contributed by atoms with Crippen LogP contribution in [0.15, 0.2) is 41.2 Å². The lowest BCUT2D eigenvalue weighted by Crippen LogP contribution is -2.25. The molecule has 0 saturated carbocycles. The summed E-state index contributed by atoms with van der Waals surface area (Å²) in [6, 6.07) is 11.8. The van der Waals surface area contributed by atoms with E-state index in [9.17, 15) is 9.18 Å². The van der Waals surface area contributed by atoms with Crippen LogP contribution in [0, 0.1) is 0 Å². The van der Waals surface area contributed by atoms with Gasteiger partial charge in [-0.2, -0.15) is 0 Å². The lowest BCUT2D eigenvalue weighted by atomic mass is 10.2. The van der Waals surface area contributed by atoms with E-state index in [4.69, 9.17) is 0 Å². The van der Waals surface area contributed by atoms with Crippen molar-refractivity contribution in [3.63, 3.8) is 0 Å². The molecule has 0 aliphatic rings. The average Bonchev–Trinajstić information content (AvgIpc) is 2.97. The number of rotatable bonds is 5. The fraction of sp³-hybridized carbons (Fsp3) is 0.294. The van der Waals surface area contributed by atoms with E-state index < -0.39 is 6.67 Å². The van der Waals surface area contributed by atoms with Gasteiger partial charge in [-0.1, -0.05) is 37.3 Å². The maximum absolute atomic E-state index is 12.8. The molecule has 0 radical (unpaired) electrons. The zero-order valence-electron chi connectivity index (χ0n) is 12.4. The Morgan fingerprint density at radius 1 is 1.27 bits per heavy atom. The van der Waals surface area contributed by atoms with Crippen LogP contribution in [0.3, 0.4) is 0 Å². The van der Waals surface area contributed by atoms with Crippen molar-refractivity contribution in [2.24, 2.45) is 0 Å². The van der Waals surface area contributed by atoms with Crippen LogP contribution >= 0.6 is 11.3 Å². The first-order valence-electron chi connectivity index (χ1n) is 7.39. The van der Waals surface area contributed by atoms with Crippen LogP contribution in [0.25, 0.3) is 20.7 Å². The molecule has 0 atom stereocenters. The maximum Gasteiger partial charge on any atom is 0.262 e. The van der Waals surface area contributed by atoms with Crippen LogP contribution in [0.4, 0.5) is 4.39 Å². The standard InChI is InChI=1S/C17H17FN2OS/c1-2-6-15-19-16-13(17(21)20(15)10-9-18)11-14(22-16)12-7-4-3-5-8-12/h3-5,7-8,11H,2,6,9-10H2,1H3. The minimum Gasteiger partial charge on any atom is -0.293 e. The van der Waals surface area contributed by atoms with Crippen molar-refractivity contribution in [3.8, 4) is 10.4 Å². The SMILES string of the molecule is CCCc1nc2sc(-c3ccccc3)cc2c(=O)n1CCF. The molecule has 3 rings (SSSR count). The number of nitrogens with zero attached hydrogens (tertiary/aromatic N) is 2. The minimum absolute atomic E-state index is 0.0770. The lowest BCUT2D eigenvalue weighted by Gasteiger charge is -2.09. The Morgan fingerprint density at radius 2 is 2.05 bits per heavy atom. The molecule has 22 heavy (non-hydrogen) atoms. The predicted octanol–water partition coefficient (Wildman–Crippen LogP) is 4.05. The molecule has 2 heterocycles. The van der Waals surface area contributed by atoms with Crippen LogP contribution in [-0.2, 0) is 13.0 Å². The highest BCUT2D eigenvalue weighted by atomic mass is 32.1. The Hall–Kier alpha value is -2.01. The topological polar surface area (TPSA) is 34.9 Å². The Kier molecular flexibility index (Phi) is 4.34. The van der Waals surface area contributed by atoms with Crippen LogP contribution in [0.1, 0.15) is 19.2 Å². The second-order valence-electron chi connectivity index (χ2n) is 5.12. The van der Waals surface area contributed by atoms with Gasteiger partial charge in [-0.3, -0.25) is 9.36 Å². The normalized spacial score (nSPS) is 11.2. The quantitative estimate of drug-likeness (QED) is 0.712. The smallest absolute Gasteiger partial charge is 0.262 e. The van der Waals surface area contributed by atoms with E-state index in [0.717, 1.165) is 21.7 Å². The van der Waals surface area contributed by atoms with Crippen molar-refractivity contribution >= 4 is 21.6 Å². The molecule has 0 aliphatic carbocycles. The number of hydrogen-bond donors (Lipinski definition) is 0. The molecule has 0 fully saturated rings. The molecule has 0 unspecified atom stereocenters. The number of alkyl halides is 1. The Balaban J connectivity index is 2.19. The summed E-state index contributed by atoms with van der Waals surface area (Å²) in [4.78, 5) is 19.0. The third kappa shape index (κ3) is 2.68. The molecule has 5 heteroatoms. The predicted molar refractivity (Wildman–Crippen MR) is 89.3 cm³/mol. The summed E-state index contributed by atoms with van der Waals surface area (Å²) in [5, 5.41) is 0.581. The van der Waals surface area contributed by atoms with Crippen LogP contribution in [0.2, 0.25) is 0 Å². The van der Waals surface area contributed by atoms with Crippen molar-refractivity contribution < 1.29 is 4.39 Å². The molecule has 114 valence electrons. The van der Waals surface area contributed by atoms with Crippen molar-refractivity contribution in [1.29, 1.82) is 0 Å². The average molecular weight is 316 g/mol. The first kappa shape index (κ1) is 14.9. The van der Waals surface area contributed by atoms with Gasteiger partial charge in [0.05, 0.1) is 11.9 Å². The molecule has 0 saturated heterocycles. The number of benzene rings is 1. The number of hydrogen-bond acceptors (Lipinski definition) is 3. The summed E-state index contributed by atoms with van der Waals surface area (Å²) >= 11 is 1.51. The molecule has 0 aliphatic heterocycles. The van der Waals surface area contributed by atoms with E-state index in [1.165, 1.54) is 15.9 Å². The summed E-state index contributed by atoms with van der Waals surface area (Å²) in [5.41, 5.74) is 0.934. The van der Waals surface area contributed by atoms with Gasteiger partial charge in [-0.15, -0.1) is 11.3 Å². The lowest BCUT2D eigenvalue weighted by molar-refractivity contribution is 0.431. The second-order valence-corrected chi connectivity index (χ2v) is 6.15. The van der Waals surface area contributed by atoms with Gasteiger partial charge >= 0.3 is 0 Å². The fourth-order valence-electron chi connectivity index (χ4n) is 2.53. The van der Waals surface area contributed by atoms with Crippen LogP contribution in [0.5, 0.6) is 0 Å². The van der Waals surface area contributed by atoms with Gasteiger partial charge in [0.15, 0.2) is 0 Å². The van der Waals surface area contributed by atoms with E-state index in [1.807, 2.05) is 43.3 Å². The molecule has 1 aromatic carbocycles. The largest absolute Gasteiger partial charge is 0.293 e. The third-order valence-electron chi connectivity index (χ3n) is 3.57. The highest BCUT2D eigenvalue weighted by molar-refractivity contribution is 7.21. The van der Waals surface area contributed by atoms with Crippen molar-refractivity contribution in [2.75, 3.05) is 6.67 Å². The van der Waals surface area contributed by atoms with E-state index >= 15 is 0 Å². The van der Waals surface area contributed by atoms with E-state index in [2.05, 4.69) is 4.98 Å². The molecule has 0 amide bonds. The summed E-state index contributed by atoms with van der Waals surface area (Å²) in [7, 11) is 0. The highest BCUT2D eigenvalue weighted by Crippen LogP contribution is 2.31. The zero-order valence-corrected chi connectivity index (χ0v) is 13.2. The van der Waals surface area contributed by atoms with Gasteiger partial charge in [-0.25, -0.2) is 9.37 Å². The van der Waals surface area contributed by atoms with Gasteiger partial charge < -0.3 is 0 Å². The summed E-state index contributed by atoms with van der Waals surface area (Å²) < 4.78 is 14.2. The molecule has 3 aromatic rings. The Morgan fingerprint density at radius 3 is 2.73 bits per heavy atom. The number of aromatic nitrogens is 2. The highest BCUT2D eigenvalue weighted by Gasteiger charge is 2.14. The third-order valence-corrected chi connectivity index (χ3v) is 4.65. The molecule has 0 spiro atoms. The van der Waals surface area contributed by atoms with Gasteiger partial charge in [0.2, 0.25) is 0 Å². The molecule has 0 N–H and O–H groups in total. The Bertz CT molecular complexity index is 839. The van der Waals surface area contributed by atoms with Crippen molar-refractivity contribution in [3.05, 3.63) is 52.6 Å². The number of halogens is 1. The van der Waals surface area contributed by atoms with E-state index in [0.29, 0.717) is 17.6 Å². The van der Waals surface area contributed by atoms with Crippen molar-refractivity contribution in [1.82, 2.24) is 9.55 Å².